The number of carbonyl (C=O) groups excluding carboxylic acids is 1. The number of nitrogens with one attached hydrogen (secondary N) is 1. The van der Waals surface area contributed by atoms with Crippen LogP contribution < -0.4 is 10.1 Å². The summed E-state index contributed by atoms with van der Waals surface area (Å²) in [6, 6.07) is 4.21. The minimum Gasteiger partial charge on any atom is -0.480 e. The van der Waals surface area contributed by atoms with Crippen LogP contribution in [0.5, 0.6) is 5.75 Å². The highest BCUT2D eigenvalue weighted by molar-refractivity contribution is 14.1. The molecule has 1 amide bonds. The SMILES string of the molecule is COCOc1ccc(CC(NC(=O)OC(C)(C)C)C(=O)O)cc1I. The number of ether oxygens (including phenoxy) is 3. The van der Waals surface area contributed by atoms with Gasteiger partial charge in [0.1, 0.15) is 17.4 Å². The van der Waals surface area contributed by atoms with Crippen LogP contribution in [0, 0.1) is 3.57 Å². The van der Waals surface area contributed by atoms with Crippen LogP contribution in [-0.2, 0) is 20.7 Å². The van der Waals surface area contributed by atoms with Crippen molar-refractivity contribution in [1.82, 2.24) is 5.32 Å². The third-order valence-corrected chi connectivity index (χ3v) is 3.60. The van der Waals surface area contributed by atoms with E-state index < -0.39 is 23.7 Å². The first-order chi connectivity index (χ1) is 11.1. The van der Waals surface area contributed by atoms with Gasteiger partial charge in [0.15, 0.2) is 6.79 Å². The molecule has 0 aromatic heterocycles. The molecule has 1 unspecified atom stereocenters. The lowest BCUT2D eigenvalue weighted by atomic mass is 10.1. The third kappa shape index (κ3) is 7.35. The molecule has 0 aliphatic heterocycles. The molecule has 2 N–H and O–H groups in total. The predicted molar refractivity (Wildman–Crippen MR) is 96.2 cm³/mol. The van der Waals surface area contributed by atoms with Crippen LogP contribution in [-0.4, -0.2) is 42.7 Å². The maximum absolute atomic E-state index is 11.8. The van der Waals surface area contributed by atoms with Gasteiger partial charge in [0.25, 0.3) is 0 Å². The molecule has 8 heteroatoms. The molecule has 0 saturated carbocycles. The van der Waals surface area contributed by atoms with Gasteiger partial charge >= 0.3 is 12.1 Å². The monoisotopic (exact) mass is 451 g/mol. The summed E-state index contributed by atoms with van der Waals surface area (Å²) in [7, 11) is 1.53. The molecule has 134 valence electrons. The Morgan fingerprint density at radius 2 is 2.00 bits per heavy atom. The van der Waals surface area contributed by atoms with Crippen LogP contribution in [0.15, 0.2) is 18.2 Å². The Morgan fingerprint density at radius 1 is 1.33 bits per heavy atom. The van der Waals surface area contributed by atoms with Crippen molar-refractivity contribution in [2.45, 2.75) is 38.8 Å². The van der Waals surface area contributed by atoms with Gasteiger partial charge in [-0.25, -0.2) is 9.59 Å². The number of hydrogen-bond acceptors (Lipinski definition) is 5. The largest absolute Gasteiger partial charge is 0.480 e. The molecule has 7 nitrogen and oxygen atoms in total. The summed E-state index contributed by atoms with van der Waals surface area (Å²) in [5.41, 5.74) is 0.0654. The average molecular weight is 451 g/mol. The van der Waals surface area contributed by atoms with E-state index in [0.29, 0.717) is 5.75 Å². The van der Waals surface area contributed by atoms with Gasteiger partial charge in [-0.15, -0.1) is 0 Å². The highest BCUT2D eigenvalue weighted by atomic mass is 127. The summed E-state index contributed by atoms with van der Waals surface area (Å²) in [5.74, 6) is -0.483. The van der Waals surface area contributed by atoms with E-state index in [1.807, 2.05) is 0 Å². The fourth-order valence-electron chi connectivity index (χ4n) is 1.80. The second-order valence-corrected chi connectivity index (χ2v) is 7.22. The Morgan fingerprint density at radius 3 is 2.50 bits per heavy atom. The van der Waals surface area contributed by atoms with Crippen molar-refractivity contribution in [3.8, 4) is 5.75 Å². The second kappa shape index (κ2) is 9.07. The molecular formula is C16H22INO6. The van der Waals surface area contributed by atoms with Crippen LogP contribution in [0.4, 0.5) is 4.79 Å². The van der Waals surface area contributed by atoms with Gasteiger partial charge in [-0.3, -0.25) is 0 Å². The normalized spacial score (nSPS) is 12.4. The van der Waals surface area contributed by atoms with Gasteiger partial charge in [-0.2, -0.15) is 0 Å². The number of rotatable bonds is 7. The number of aliphatic carboxylic acids is 1. The summed E-state index contributed by atoms with van der Waals surface area (Å²) >= 11 is 2.09. The summed E-state index contributed by atoms with van der Waals surface area (Å²) in [5, 5.41) is 11.7. The quantitative estimate of drug-likeness (QED) is 0.489. The molecule has 0 fully saturated rings. The number of carboxylic acids is 1. The molecule has 0 bridgehead atoms. The standard InChI is InChI=1S/C16H22INO6/c1-16(2,3)24-15(21)18-12(14(19)20)8-10-5-6-13(11(17)7-10)23-9-22-4/h5-7,12H,8-9H2,1-4H3,(H,18,21)(H,19,20). The molecular weight excluding hydrogens is 429 g/mol. The molecule has 1 aromatic rings. The summed E-state index contributed by atoms with van der Waals surface area (Å²) in [6.07, 6.45) is -0.626. The van der Waals surface area contributed by atoms with Crippen LogP contribution >= 0.6 is 22.6 Å². The minimum absolute atomic E-state index is 0.132. The minimum atomic E-state index is -1.13. The number of benzene rings is 1. The van der Waals surface area contributed by atoms with Gasteiger partial charge in [0.05, 0.1) is 3.57 Å². The molecule has 1 rings (SSSR count). The lowest BCUT2D eigenvalue weighted by Gasteiger charge is -2.22. The smallest absolute Gasteiger partial charge is 0.408 e. The zero-order chi connectivity index (χ0) is 18.3. The highest BCUT2D eigenvalue weighted by Gasteiger charge is 2.24. The molecule has 1 atom stereocenters. The number of hydrogen-bond donors (Lipinski definition) is 2. The fraction of sp³-hybridized carbons (Fsp3) is 0.500. The molecule has 24 heavy (non-hydrogen) atoms. The summed E-state index contributed by atoms with van der Waals surface area (Å²) in [6.45, 7) is 5.27. The summed E-state index contributed by atoms with van der Waals surface area (Å²) in [4.78, 5) is 23.2. The number of carboxylic acid groups (broad SMARTS) is 1. The van der Waals surface area contributed by atoms with Crippen molar-refractivity contribution in [3.05, 3.63) is 27.3 Å². The lowest BCUT2D eigenvalue weighted by Crippen LogP contribution is -2.44. The average Bonchev–Trinajstić information content (AvgIpc) is 2.43. The summed E-state index contributed by atoms with van der Waals surface area (Å²) < 4.78 is 16.1. The van der Waals surface area contributed by atoms with Crippen molar-refractivity contribution in [3.63, 3.8) is 0 Å². The second-order valence-electron chi connectivity index (χ2n) is 6.06. The predicted octanol–water partition coefficient (Wildman–Crippen LogP) is 2.79. The van der Waals surface area contributed by atoms with E-state index in [4.69, 9.17) is 14.2 Å². The van der Waals surface area contributed by atoms with Crippen molar-refractivity contribution < 1.29 is 28.9 Å². The van der Waals surface area contributed by atoms with Crippen LogP contribution in [0.2, 0.25) is 0 Å². The number of alkyl carbamates (subject to hydrolysis) is 1. The number of amides is 1. The zero-order valence-electron chi connectivity index (χ0n) is 14.1. The number of carbonyl (C=O) groups is 2. The van der Waals surface area contributed by atoms with Gasteiger partial charge in [-0.05, 0) is 61.1 Å². The van der Waals surface area contributed by atoms with E-state index in [1.54, 1.807) is 39.0 Å². The molecule has 0 radical (unpaired) electrons. The van der Waals surface area contributed by atoms with E-state index in [2.05, 4.69) is 27.9 Å². The molecule has 1 aromatic carbocycles. The molecule has 0 spiro atoms. The lowest BCUT2D eigenvalue weighted by molar-refractivity contribution is -0.139. The van der Waals surface area contributed by atoms with Gasteiger partial charge < -0.3 is 24.6 Å². The Bertz CT molecular complexity index is 584. The van der Waals surface area contributed by atoms with Gasteiger partial charge in [0, 0.05) is 13.5 Å². The van der Waals surface area contributed by atoms with Crippen molar-refractivity contribution in [2.24, 2.45) is 0 Å². The Hall–Kier alpha value is -1.55. The van der Waals surface area contributed by atoms with E-state index in [9.17, 15) is 14.7 Å². The molecule has 0 aliphatic carbocycles. The zero-order valence-corrected chi connectivity index (χ0v) is 16.2. The topological polar surface area (TPSA) is 94.1 Å². The van der Waals surface area contributed by atoms with Gasteiger partial charge in [0.2, 0.25) is 0 Å². The van der Waals surface area contributed by atoms with Crippen molar-refractivity contribution in [1.29, 1.82) is 0 Å². The van der Waals surface area contributed by atoms with E-state index in [-0.39, 0.29) is 13.2 Å². The number of halogens is 1. The van der Waals surface area contributed by atoms with E-state index >= 15 is 0 Å². The Kier molecular flexibility index (Phi) is 7.74. The first-order valence-corrected chi connectivity index (χ1v) is 8.32. The molecule has 0 saturated heterocycles. The number of methoxy groups -OCH3 is 1. The molecule has 0 heterocycles. The van der Waals surface area contributed by atoms with Crippen LogP contribution in [0.25, 0.3) is 0 Å². The first kappa shape index (κ1) is 20.5. The first-order valence-electron chi connectivity index (χ1n) is 7.25. The Balaban J connectivity index is 2.77. The maximum atomic E-state index is 11.8. The van der Waals surface area contributed by atoms with Crippen LogP contribution in [0.1, 0.15) is 26.3 Å². The van der Waals surface area contributed by atoms with Gasteiger partial charge in [-0.1, -0.05) is 6.07 Å². The van der Waals surface area contributed by atoms with Crippen LogP contribution in [0.3, 0.4) is 0 Å². The van der Waals surface area contributed by atoms with E-state index in [0.717, 1.165) is 9.13 Å². The van der Waals surface area contributed by atoms with E-state index in [1.165, 1.54) is 7.11 Å². The van der Waals surface area contributed by atoms with Crippen molar-refractivity contribution >= 4 is 34.7 Å². The third-order valence-electron chi connectivity index (χ3n) is 2.76. The Labute approximate surface area is 154 Å². The maximum Gasteiger partial charge on any atom is 0.408 e. The molecule has 0 aliphatic rings. The fourth-order valence-corrected chi connectivity index (χ4v) is 2.53. The van der Waals surface area contributed by atoms with Crippen molar-refractivity contribution in [2.75, 3.05) is 13.9 Å². The highest BCUT2D eigenvalue weighted by Crippen LogP contribution is 2.23.